The molecule has 0 bridgehead atoms. The maximum atomic E-state index is 13.6. The third-order valence-electron chi connectivity index (χ3n) is 6.79. The van der Waals surface area contributed by atoms with E-state index in [0.29, 0.717) is 32.5 Å². The lowest BCUT2D eigenvalue weighted by molar-refractivity contribution is -0.171. The molecule has 0 spiro atoms. The first-order chi connectivity index (χ1) is 17.1. The van der Waals surface area contributed by atoms with Crippen LogP contribution in [0.1, 0.15) is 36.8 Å². The van der Waals surface area contributed by atoms with E-state index in [2.05, 4.69) is 17.0 Å². The van der Waals surface area contributed by atoms with E-state index in [4.69, 9.17) is 9.47 Å². The van der Waals surface area contributed by atoms with E-state index in [1.165, 1.54) is 17.7 Å². The van der Waals surface area contributed by atoms with E-state index in [9.17, 15) is 14.3 Å². The molecule has 0 saturated carbocycles. The number of hydrogen-bond donors (Lipinski definition) is 1. The van der Waals surface area contributed by atoms with Gasteiger partial charge in [-0.2, -0.15) is 0 Å². The SMILES string of the molecule is CCO[C@@H]1OC(C(=O)N2CCN(Cc3ccccc3)CC2)=C[C@H](c2ccc(F)cc2)[C@H]1CCCO. The Morgan fingerprint density at radius 1 is 1.09 bits per heavy atom. The molecule has 1 saturated heterocycles. The highest BCUT2D eigenvalue weighted by Crippen LogP contribution is 2.39. The summed E-state index contributed by atoms with van der Waals surface area (Å²) in [6.45, 7) is 6.11. The molecule has 6 nitrogen and oxygen atoms in total. The summed E-state index contributed by atoms with van der Waals surface area (Å²) in [4.78, 5) is 17.7. The monoisotopic (exact) mass is 482 g/mol. The summed E-state index contributed by atoms with van der Waals surface area (Å²) in [6.07, 6.45) is 2.52. The summed E-state index contributed by atoms with van der Waals surface area (Å²) in [5.41, 5.74) is 2.17. The summed E-state index contributed by atoms with van der Waals surface area (Å²) in [6, 6.07) is 16.7. The van der Waals surface area contributed by atoms with Crippen LogP contribution in [0.5, 0.6) is 0 Å². The topological polar surface area (TPSA) is 62.2 Å². The third kappa shape index (κ3) is 6.48. The summed E-state index contributed by atoms with van der Waals surface area (Å²) >= 11 is 0. The zero-order valence-corrected chi connectivity index (χ0v) is 20.3. The Hall–Kier alpha value is -2.74. The molecule has 0 radical (unpaired) electrons. The lowest BCUT2D eigenvalue weighted by Crippen LogP contribution is -2.49. The number of ether oxygens (including phenoxy) is 2. The molecule has 2 aromatic rings. The molecule has 3 atom stereocenters. The predicted octanol–water partition coefficient (Wildman–Crippen LogP) is 3.92. The molecule has 2 aliphatic heterocycles. The van der Waals surface area contributed by atoms with Crippen molar-refractivity contribution in [2.75, 3.05) is 39.4 Å². The first kappa shape index (κ1) is 25.4. The van der Waals surface area contributed by atoms with Gasteiger partial charge in [0.05, 0.1) is 0 Å². The van der Waals surface area contributed by atoms with Gasteiger partial charge in [-0.15, -0.1) is 0 Å². The number of aliphatic hydroxyl groups excluding tert-OH is 1. The van der Waals surface area contributed by atoms with Crippen molar-refractivity contribution in [1.82, 2.24) is 9.80 Å². The highest BCUT2D eigenvalue weighted by atomic mass is 19.1. The quantitative estimate of drug-likeness (QED) is 0.587. The number of carbonyl (C=O) groups excluding carboxylic acids is 1. The number of carbonyl (C=O) groups is 1. The van der Waals surface area contributed by atoms with Crippen molar-refractivity contribution in [1.29, 1.82) is 0 Å². The number of aliphatic hydroxyl groups is 1. The van der Waals surface area contributed by atoms with Crippen LogP contribution in [0, 0.1) is 11.7 Å². The van der Waals surface area contributed by atoms with Gasteiger partial charge in [0.15, 0.2) is 5.76 Å². The lowest BCUT2D eigenvalue weighted by atomic mass is 9.80. The van der Waals surface area contributed by atoms with Crippen LogP contribution in [-0.2, 0) is 20.8 Å². The van der Waals surface area contributed by atoms with Gasteiger partial charge in [0.2, 0.25) is 6.29 Å². The van der Waals surface area contributed by atoms with Crippen LogP contribution in [0.3, 0.4) is 0 Å². The van der Waals surface area contributed by atoms with E-state index in [-0.39, 0.29) is 35.9 Å². The number of halogens is 1. The van der Waals surface area contributed by atoms with Crippen LogP contribution in [0.2, 0.25) is 0 Å². The number of piperazine rings is 1. The molecule has 188 valence electrons. The third-order valence-corrected chi connectivity index (χ3v) is 6.79. The van der Waals surface area contributed by atoms with E-state index in [1.807, 2.05) is 36.1 Å². The Kier molecular flexibility index (Phi) is 8.90. The molecule has 2 aromatic carbocycles. The van der Waals surface area contributed by atoms with Gasteiger partial charge in [0, 0.05) is 57.8 Å². The van der Waals surface area contributed by atoms with Gasteiger partial charge in [-0.25, -0.2) is 4.39 Å². The van der Waals surface area contributed by atoms with Crippen molar-refractivity contribution in [3.63, 3.8) is 0 Å². The van der Waals surface area contributed by atoms with Gasteiger partial charge in [0.25, 0.3) is 5.91 Å². The number of allylic oxidation sites excluding steroid dienone is 1. The van der Waals surface area contributed by atoms with Crippen LogP contribution in [0.25, 0.3) is 0 Å². The van der Waals surface area contributed by atoms with E-state index < -0.39 is 6.29 Å². The second kappa shape index (κ2) is 12.3. The van der Waals surface area contributed by atoms with Gasteiger partial charge in [-0.1, -0.05) is 42.5 Å². The minimum absolute atomic E-state index is 0.0637. The van der Waals surface area contributed by atoms with Crippen LogP contribution in [0.15, 0.2) is 66.4 Å². The maximum Gasteiger partial charge on any atom is 0.288 e. The van der Waals surface area contributed by atoms with Gasteiger partial charge in [-0.3, -0.25) is 9.69 Å². The molecule has 7 heteroatoms. The summed E-state index contributed by atoms with van der Waals surface area (Å²) in [5.74, 6) is -0.420. The standard InChI is InChI=1S/C28H35FN2O4/c1-2-34-28-24(9-6-18-32)25(22-10-12-23(29)13-11-22)19-26(35-28)27(33)31-16-14-30(15-17-31)20-21-7-4-3-5-8-21/h3-5,7-8,10-13,19,24-25,28,32H,2,6,9,14-18,20H2,1H3/t24-,25-,28-/m1/s1. The summed E-state index contributed by atoms with van der Waals surface area (Å²) in [5, 5.41) is 9.42. The highest BCUT2D eigenvalue weighted by Gasteiger charge is 2.39. The zero-order valence-electron chi connectivity index (χ0n) is 20.3. The molecule has 1 amide bonds. The molecular formula is C28H35FN2O4. The fourth-order valence-corrected chi connectivity index (χ4v) is 4.93. The number of amides is 1. The van der Waals surface area contributed by atoms with Gasteiger partial charge < -0.3 is 19.5 Å². The van der Waals surface area contributed by atoms with Crippen molar-refractivity contribution in [3.8, 4) is 0 Å². The normalized spacial score (nSPS) is 23.0. The Bertz CT molecular complexity index is 974. The average molecular weight is 483 g/mol. The molecule has 2 aliphatic rings. The largest absolute Gasteiger partial charge is 0.459 e. The van der Waals surface area contributed by atoms with Crippen LogP contribution in [0.4, 0.5) is 4.39 Å². The average Bonchev–Trinajstić information content (AvgIpc) is 2.89. The molecular weight excluding hydrogens is 447 g/mol. The Morgan fingerprint density at radius 3 is 2.46 bits per heavy atom. The second-order valence-corrected chi connectivity index (χ2v) is 9.13. The molecule has 35 heavy (non-hydrogen) atoms. The second-order valence-electron chi connectivity index (χ2n) is 9.13. The summed E-state index contributed by atoms with van der Waals surface area (Å²) < 4.78 is 25.7. The minimum atomic E-state index is -0.607. The number of nitrogens with zero attached hydrogens (tertiary/aromatic N) is 2. The molecule has 0 aliphatic carbocycles. The molecule has 2 heterocycles. The summed E-state index contributed by atoms with van der Waals surface area (Å²) in [7, 11) is 0. The zero-order chi connectivity index (χ0) is 24.6. The first-order valence-electron chi connectivity index (χ1n) is 12.5. The van der Waals surface area contributed by atoms with Gasteiger partial charge in [-0.05, 0) is 49.1 Å². The van der Waals surface area contributed by atoms with Crippen molar-refractivity contribution < 1.29 is 23.8 Å². The van der Waals surface area contributed by atoms with Crippen LogP contribution < -0.4 is 0 Å². The molecule has 0 unspecified atom stereocenters. The smallest absolute Gasteiger partial charge is 0.288 e. The highest BCUT2D eigenvalue weighted by molar-refractivity contribution is 5.92. The van der Waals surface area contributed by atoms with Crippen LogP contribution in [-0.4, -0.2) is 66.5 Å². The molecule has 0 aromatic heterocycles. The van der Waals surface area contributed by atoms with Crippen LogP contribution >= 0.6 is 0 Å². The first-order valence-corrected chi connectivity index (χ1v) is 12.5. The Morgan fingerprint density at radius 2 is 1.80 bits per heavy atom. The minimum Gasteiger partial charge on any atom is -0.459 e. The lowest BCUT2D eigenvalue weighted by Gasteiger charge is -2.39. The molecule has 1 N–H and O–H groups in total. The van der Waals surface area contributed by atoms with Crippen molar-refractivity contribution in [2.24, 2.45) is 5.92 Å². The predicted molar refractivity (Wildman–Crippen MR) is 132 cm³/mol. The van der Waals surface area contributed by atoms with Crippen molar-refractivity contribution in [3.05, 3.63) is 83.4 Å². The van der Waals surface area contributed by atoms with E-state index in [0.717, 1.165) is 25.2 Å². The van der Waals surface area contributed by atoms with Crippen molar-refractivity contribution in [2.45, 2.75) is 38.5 Å². The molecule has 4 rings (SSSR count). The maximum absolute atomic E-state index is 13.6. The number of hydrogen-bond acceptors (Lipinski definition) is 5. The fraction of sp³-hybridized carbons (Fsp3) is 0.464. The number of benzene rings is 2. The van der Waals surface area contributed by atoms with E-state index in [1.54, 1.807) is 12.1 Å². The van der Waals surface area contributed by atoms with Gasteiger partial charge in [0.1, 0.15) is 5.82 Å². The Labute approximate surface area is 206 Å². The fourth-order valence-electron chi connectivity index (χ4n) is 4.93. The van der Waals surface area contributed by atoms with Crippen molar-refractivity contribution >= 4 is 5.91 Å². The van der Waals surface area contributed by atoms with E-state index >= 15 is 0 Å². The van der Waals surface area contributed by atoms with Gasteiger partial charge >= 0.3 is 0 Å². The molecule has 1 fully saturated rings. The Balaban J connectivity index is 1.49. The number of rotatable bonds is 9.